The quantitative estimate of drug-likeness (QED) is 0.329. The van der Waals surface area contributed by atoms with Crippen LogP contribution < -0.4 is 0 Å². The maximum Gasteiger partial charge on any atom is 0.310 e. The predicted octanol–water partition coefficient (Wildman–Crippen LogP) is 2.49. The molecule has 242 valence electrons. The first-order valence-corrected chi connectivity index (χ1v) is 15.9. The van der Waals surface area contributed by atoms with Gasteiger partial charge in [-0.05, 0) is 42.7 Å². The van der Waals surface area contributed by atoms with E-state index in [9.17, 15) is 29.7 Å². The van der Waals surface area contributed by atoms with Crippen LogP contribution in [0.25, 0.3) is 0 Å². The number of esters is 2. The zero-order chi connectivity index (χ0) is 31.8. The van der Waals surface area contributed by atoms with Crippen molar-refractivity contribution in [1.29, 1.82) is 0 Å². The third-order valence-corrected chi connectivity index (χ3v) is 13.4. The minimum Gasteiger partial charge on any atom is -0.472 e. The van der Waals surface area contributed by atoms with E-state index in [0.717, 1.165) is 5.56 Å². The number of furan rings is 1. The summed E-state index contributed by atoms with van der Waals surface area (Å²) in [4.78, 5) is 40.1. The molecular formula is C33H44O11. The number of aliphatic hydroxyl groups is 3. The largest absolute Gasteiger partial charge is 0.472 e. The van der Waals surface area contributed by atoms with Crippen molar-refractivity contribution in [2.45, 2.75) is 116 Å². The lowest BCUT2D eigenvalue weighted by atomic mass is 9.33. The van der Waals surface area contributed by atoms with Crippen molar-refractivity contribution in [3.8, 4) is 0 Å². The molecule has 2 aliphatic heterocycles. The molecule has 4 aliphatic carbocycles. The van der Waals surface area contributed by atoms with Crippen molar-refractivity contribution >= 4 is 17.7 Å². The van der Waals surface area contributed by atoms with E-state index in [2.05, 4.69) is 6.92 Å². The maximum atomic E-state index is 14.8. The second-order valence-corrected chi connectivity index (χ2v) is 15.1. The normalized spacial score (nSPS) is 52.6. The molecule has 6 fully saturated rings. The van der Waals surface area contributed by atoms with Crippen LogP contribution in [0.5, 0.6) is 0 Å². The number of rotatable bonds is 5. The van der Waals surface area contributed by atoms with Gasteiger partial charge in [0.2, 0.25) is 6.29 Å². The smallest absolute Gasteiger partial charge is 0.310 e. The zero-order valence-corrected chi connectivity index (χ0v) is 26.1. The molecule has 1 aromatic heterocycles. The summed E-state index contributed by atoms with van der Waals surface area (Å²) in [6.07, 6.45) is -2.24. The number of hydrogen-bond donors (Lipinski definition) is 3. The Bertz CT molecular complexity index is 1380. The molecule has 1 aromatic rings. The van der Waals surface area contributed by atoms with Gasteiger partial charge in [0.05, 0.1) is 42.7 Å². The summed E-state index contributed by atoms with van der Waals surface area (Å²) in [6, 6.07) is 1.91. The summed E-state index contributed by atoms with van der Waals surface area (Å²) in [5.74, 6) is -3.52. The van der Waals surface area contributed by atoms with Gasteiger partial charge in [0.1, 0.15) is 23.6 Å². The van der Waals surface area contributed by atoms with Gasteiger partial charge >= 0.3 is 11.9 Å². The lowest BCUT2D eigenvalue weighted by molar-refractivity contribution is -0.389. The first-order chi connectivity index (χ1) is 20.7. The van der Waals surface area contributed by atoms with E-state index in [1.807, 2.05) is 19.9 Å². The van der Waals surface area contributed by atoms with Crippen molar-refractivity contribution in [2.75, 3.05) is 6.61 Å². The number of carbonyl (C=O) groups excluding carboxylic acids is 3. The Balaban J connectivity index is 1.37. The summed E-state index contributed by atoms with van der Waals surface area (Å²) < 4.78 is 29.8. The SMILES string of the molecule is CC[C@@H](C)C(=O)O[C@H]1OC[C@@]23[C@H]4C(=O)C[C@@]5(C)[C@H](c6ccoc6)C[C@H]6O[C@]65[C@]4(C)[C@H](O)C[C@H]2[C@]1(C)[C@H](O)[C@H](OC(C)=O)[C@@H]3O. The van der Waals surface area contributed by atoms with Crippen LogP contribution in [0.4, 0.5) is 0 Å². The molecule has 3 N–H and O–H groups in total. The number of ether oxygens (including phenoxy) is 4. The van der Waals surface area contributed by atoms with Crippen LogP contribution in [0.15, 0.2) is 23.0 Å². The van der Waals surface area contributed by atoms with Crippen molar-refractivity contribution in [3.05, 3.63) is 24.2 Å². The van der Waals surface area contributed by atoms with Crippen molar-refractivity contribution in [3.63, 3.8) is 0 Å². The molecule has 11 nitrogen and oxygen atoms in total. The van der Waals surface area contributed by atoms with Crippen LogP contribution in [0.2, 0.25) is 0 Å². The fourth-order valence-electron chi connectivity index (χ4n) is 11.3. The second kappa shape index (κ2) is 9.37. The molecule has 2 saturated heterocycles. The number of ketones is 1. The lowest BCUT2D eigenvalue weighted by Crippen LogP contribution is -2.83. The Morgan fingerprint density at radius 2 is 1.84 bits per heavy atom. The molecular weight excluding hydrogens is 572 g/mol. The summed E-state index contributed by atoms with van der Waals surface area (Å²) >= 11 is 0. The van der Waals surface area contributed by atoms with Crippen LogP contribution in [0, 0.1) is 39.4 Å². The molecule has 4 saturated carbocycles. The minimum absolute atomic E-state index is 0.0340. The second-order valence-electron chi connectivity index (χ2n) is 15.1. The Morgan fingerprint density at radius 3 is 2.48 bits per heavy atom. The molecule has 2 bridgehead atoms. The molecule has 0 radical (unpaired) electrons. The molecule has 1 spiro atoms. The van der Waals surface area contributed by atoms with E-state index in [0.29, 0.717) is 12.8 Å². The Labute approximate surface area is 256 Å². The first kappa shape index (κ1) is 30.3. The molecule has 0 unspecified atom stereocenters. The van der Waals surface area contributed by atoms with Crippen molar-refractivity contribution in [1.82, 2.24) is 0 Å². The van der Waals surface area contributed by atoms with E-state index >= 15 is 0 Å². The van der Waals surface area contributed by atoms with Crippen LogP contribution in [0.1, 0.15) is 78.7 Å². The number of hydrogen-bond acceptors (Lipinski definition) is 11. The number of epoxide rings is 1. The molecule has 6 aliphatic rings. The van der Waals surface area contributed by atoms with Gasteiger partial charge in [0, 0.05) is 35.5 Å². The average molecular weight is 617 g/mol. The molecule has 15 atom stereocenters. The van der Waals surface area contributed by atoms with Crippen LogP contribution in [-0.4, -0.2) is 82.1 Å². The van der Waals surface area contributed by atoms with Gasteiger partial charge < -0.3 is 38.7 Å². The van der Waals surface area contributed by atoms with E-state index < -0.39 is 87.7 Å². The third-order valence-electron chi connectivity index (χ3n) is 13.4. The monoisotopic (exact) mass is 616 g/mol. The molecule has 11 heteroatoms. The summed E-state index contributed by atoms with van der Waals surface area (Å²) in [5.41, 5.74) is -4.50. The highest BCUT2D eigenvalue weighted by atomic mass is 16.7. The van der Waals surface area contributed by atoms with Crippen LogP contribution in [-0.2, 0) is 33.3 Å². The summed E-state index contributed by atoms with van der Waals surface area (Å²) in [7, 11) is 0. The fraction of sp³-hybridized carbons (Fsp3) is 0.788. The molecule has 3 heterocycles. The Morgan fingerprint density at radius 1 is 1.11 bits per heavy atom. The molecule has 0 aromatic carbocycles. The minimum atomic E-state index is -1.52. The first-order valence-electron chi connectivity index (χ1n) is 15.9. The molecule has 0 amide bonds. The standard InChI is InChI=1S/C33H44O11/c1-7-15(2)27(39)43-28-30(5)20-11-21(36)31(6)24(32(20,14-41-28)26(38)23(25(30)37)42-16(3)34)19(35)12-29(4)18(17-8-9-40-13-17)10-22-33(29,31)44-22/h8-9,13,15,18,20-26,28,36-38H,7,10-12,14H2,1-6H3/t15-,18+,20+,21-,22-,23+,24+,25-,26+,28-,29+,30-,31-,32+,33-/m1/s1. The Hall–Kier alpha value is -2.31. The van der Waals surface area contributed by atoms with Gasteiger partial charge in [-0.1, -0.05) is 34.6 Å². The number of aliphatic hydroxyl groups excluding tert-OH is 3. The number of Topliss-reactive ketones (excluding diaryl/α,β-unsaturated/α-hetero) is 1. The van der Waals surface area contributed by atoms with Gasteiger partial charge in [-0.15, -0.1) is 0 Å². The van der Waals surface area contributed by atoms with Crippen LogP contribution in [0.3, 0.4) is 0 Å². The van der Waals surface area contributed by atoms with Gasteiger partial charge in [0.15, 0.2) is 6.10 Å². The number of fused-ring (bicyclic) bond motifs is 1. The third kappa shape index (κ3) is 3.27. The van der Waals surface area contributed by atoms with Gasteiger partial charge in [-0.25, -0.2) is 0 Å². The molecule has 44 heavy (non-hydrogen) atoms. The maximum absolute atomic E-state index is 14.8. The fourth-order valence-corrected chi connectivity index (χ4v) is 11.3. The predicted molar refractivity (Wildman–Crippen MR) is 151 cm³/mol. The topological polar surface area (TPSA) is 165 Å². The van der Waals surface area contributed by atoms with E-state index in [1.165, 1.54) is 6.92 Å². The summed E-state index contributed by atoms with van der Waals surface area (Å²) in [5, 5.41) is 36.4. The summed E-state index contributed by atoms with van der Waals surface area (Å²) in [6.45, 7) is 10.2. The molecule has 7 rings (SSSR count). The van der Waals surface area contributed by atoms with E-state index in [4.69, 9.17) is 23.4 Å². The highest BCUT2D eigenvalue weighted by Gasteiger charge is 2.90. The highest BCUT2D eigenvalue weighted by Crippen LogP contribution is 2.82. The van der Waals surface area contributed by atoms with Gasteiger partial charge in [-0.2, -0.15) is 0 Å². The van der Waals surface area contributed by atoms with E-state index in [-0.39, 0.29) is 37.3 Å². The average Bonchev–Trinajstić information content (AvgIpc) is 3.34. The Kier molecular flexibility index (Phi) is 6.47. The lowest BCUT2D eigenvalue weighted by Gasteiger charge is -2.73. The van der Waals surface area contributed by atoms with Gasteiger partial charge in [-0.3, -0.25) is 14.4 Å². The van der Waals surface area contributed by atoms with Crippen molar-refractivity contribution in [2.24, 2.45) is 39.4 Å². The van der Waals surface area contributed by atoms with E-state index in [1.54, 1.807) is 26.4 Å². The number of carbonyl (C=O) groups is 3. The zero-order valence-electron chi connectivity index (χ0n) is 26.1. The van der Waals surface area contributed by atoms with Gasteiger partial charge in [0.25, 0.3) is 0 Å². The highest BCUT2D eigenvalue weighted by molar-refractivity contribution is 5.87. The van der Waals surface area contributed by atoms with Crippen LogP contribution >= 0.6 is 0 Å². The van der Waals surface area contributed by atoms with Crippen molar-refractivity contribution < 1.29 is 53.1 Å².